The van der Waals surface area contributed by atoms with Crippen LogP contribution in [0, 0.1) is 0 Å². The maximum absolute atomic E-state index is 12.9. The summed E-state index contributed by atoms with van der Waals surface area (Å²) in [6, 6.07) is 8.84. The van der Waals surface area contributed by atoms with Crippen molar-refractivity contribution in [1.29, 1.82) is 0 Å². The summed E-state index contributed by atoms with van der Waals surface area (Å²) in [4.78, 5) is 23.2. The number of anilines is 2. The molecule has 27 heavy (non-hydrogen) atoms. The van der Waals surface area contributed by atoms with Crippen molar-refractivity contribution in [2.45, 2.75) is 26.1 Å². The molecule has 2 aromatic carbocycles. The summed E-state index contributed by atoms with van der Waals surface area (Å²) in [5.74, 6) is -0.228. The molecule has 5 nitrogen and oxygen atoms in total. The number of hydrogen-bond donors (Lipinski definition) is 3. The normalized spacial score (nSPS) is 12.2. The molecule has 0 aliphatic rings. The molecule has 2 aromatic rings. The van der Waals surface area contributed by atoms with E-state index < -0.39 is 28.8 Å². The topological polar surface area (TPSA) is 70.2 Å². The van der Waals surface area contributed by atoms with Gasteiger partial charge in [0.05, 0.1) is 16.6 Å². The number of amides is 3. The zero-order valence-corrected chi connectivity index (χ0v) is 15.2. The third-order valence-corrected chi connectivity index (χ3v) is 3.91. The van der Waals surface area contributed by atoms with Crippen molar-refractivity contribution in [3.63, 3.8) is 0 Å². The molecule has 1 atom stereocenters. The Hall–Kier alpha value is -2.74. The molecule has 0 aliphatic heterocycles. The molecule has 0 fully saturated rings. The minimum atomic E-state index is -4.62. The predicted molar refractivity (Wildman–Crippen MR) is 97.8 cm³/mol. The quantitative estimate of drug-likeness (QED) is 0.661. The van der Waals surface area contributed by atoms with Crippen LogP contribution in [-0.4, -0.2) is 11.9 Å². The second kappa shape index (κ2) is 8.30. The SMILES string of the molecule is CC(=O)Nc1cccc([C@H](C)NC(=O)Nc2ccc(Cl)c(C(F)(F)F)c2)c1. The van der Waals surface area contributed by atoms with E-state index in [9.17, 15) is 22.8 Å². The second-order valence-electron chi connectivity index (χ2n) is 5.82. The molecular formula is C18H17ClF3N3O2. The van der Waals surface area contributed by atoms with Crippen LogP contribution in [0.3, 0.4) is 0 Å². The van der Waals surface area contributed by atoms with Crippen LogP contribution in [0.5, 0.6) is 0 Å². The largest absolute Gasteiger partial charge is 0.417 e. The third kappa shape index (κ3) is 5.89. The van der Waals surface area contributed by atoms with E-state index in [-0.39, 0.29) is 11.6 Å². The van der Waals surface area contributed by atoms with Gasteiger partial charge in [-0.15, -0.1) is 0 Å². The number of benzene rings is 2. The first kappa shape index (κ1) is 20.6. The molecule has 0 aromatic heterocycles. The average Bonchev–Trinajstić information content (AvgIpc) is 2.55. The minimum Gasteiger partial charge on any atom is -0.331 e. The Kier molecular flexibility index (Phi) is 6.32. The molecule has 0 bridgehead atoms. The molecule has 0 saturated carbocycles. The van der Waals surface area contributed by atoms with E-state index >= 15 is 0 Å². The molecule has 3 N–H and O–H groups in total. The Morgan fingerprint density at radius 1 is 1.04 bits per heavy atom. The van der Waals surface area contributed by atoms with Crippen molar-refractivity contribution >= 4 is 34.9 Å². The molecule has 0 spiro atoms. The summed E-state index contributed by atoms with van der Waals surface area (Å²) in [5.41, 5.74) is 0.214. The molecule has 144 valence electrons. The molecule has 9 heteroatoms. The summed E-state index contributed by atoms with van der Waals surface area (Å²) in [7, 11) is 0. The number of nitrogens with one attached hydrogen (secondary N) is 3. The van der Waals surface area contributed by atoms with E-state index in [1.807, 2.05) is 0 Å². The monoisotopic (exact) mass is 399 g/mol. The van der Waals surface area contributed by atoms with Gasteiger partial charge in [0, 0.05) is 18.3 Å². The van der Waals surface area contributed by atoms with Gasteiger partial charge in [0.1, 0.15) is 0 Å². The number of alkyl halides is 3. The zero-order valence-electron chi connectivity index (χ0n) is 14.4. The lowest BCUT2D eigenvalue weighted by Gasteiger charge is -2.17. The van der Waals surface area contributed by atoms with Crippen molar-refractivity contribution in [1.82, 2.24) is 5.32 Å². The van der Waals surface area contributed by atoms with E-state index in [2.05, 4.69) is 16.0 Å². The highest BCUT2D eigenvalue weighted by Crippen LogP contribution is 2.36. The summed E-state index contributed by atoms with van der Waals surface area (Å²) >= 11 is 5.55. The van der Waals surface area contributed by atoms with Crippen LogP contribution in [0.4, 0.5) is 29.3 Å². The zero-order chi connectivity index (χ0) is 20.2. The lowest BCUT2D eigenvalue weighted by molar-refractivity contribution is -0.137. The van der Waals surface area contributed by atoms with Crippen LogP contribution in [0.1, 0.15) is 31.0 Å². The molecule has 0 unspecified atom stereocenters. The van der Waals surface area contributed by atoms with Gasteiger partial charge in [-0.2, -0.15) is 13.2 Å². The molecule has 0 radical (unpaired) electrons. The third-order valence-electron chi connectivity index (χ3n) is 3.58. The van der Waals surface area contributed by atoms with Gasteiger partial charge in [0.15, 0.2) is 0 Å². The van der Waals surface area contributed by atoms with E-state index in [4.69, 9.17) is 11.6 Å². The van der Waals surface area contributed by atoms with Crippen molar-refractivity contribution in [2.75, 3.05) is 10.6 Å². The van der Waals surface area contributed by atoms with Gasteiger partial charge in [0.25, 0.3) is 0 Å². The first-order valence-electron chi connectivity index (χ1n) is 7.88. The van der Waals surface area contributed by atoms with Crippen molar-refractivity contribution < 1.29 is 22.8 Å². The molecule has 2 rings (SSSR count). The van der Waals surface area contributed by atoms with E-state index in [1.54, 1.807) is 31.2 Å². The molecule has 0 heterocycles. The number of halogens is 4. The van der Waals surface area contributed by atoms with Crippen LogP contribution >= 0.6 is 11.6 Å². The van der Waals surface area contributed by atoms with Crippen LogP contribution in [-0.2, 0) is 11.0 Å². The van der Waals surface area contributed by atoms with Crippen LogP contribution in [0.15, 0.2) is 42.5 Å². The highest BCUT2D eigenvalue weighted by Gasteiger charge is 2.33. The Morgan fingerprint density at radius 3 is 2.33 bits per heavy atom. The van der Waals surface area contributed by atoms with Gasteiger partial charge in [-0.1, -0.05) is 23.7 Å². The number of rotatable bonds is 4. The lowest BCUT2D eigenvalue weighted by atomic mass is 10.1. The number of carbonyl (C=O) groups is 2. The predicted octanol–water partition coefficient (Wildman–Crippen LogP) is 5.20. The smallest absolute Gasteiger partial charge is 0.331 e. The van der Waals surface area contributed by atoms with Gasteiger partial charge >= 0.3 is 12.2 Å². The van der Waals surface area contributed by atoms with Gasteiger partial charge in [-0.25, -0.2) is 4.79 Å². The average molecular weight is 400 g/mol. The minimum absolute atomic E-state index is 0.0385. The standard InChI is InChI=1S/C18H17ClF3N3O2/c1-10(12-4-3-5-13(8-12)24-11(2)26)23-17(27)25-14-6-7-16(19)15(9-14)18(20,21)22/h3-10H,1-2H3,(H,24,26)(H2,23,25,27)/t10-/m0/s1. The van der Waals surface area contributed by atoms with Gasteiger partial charge in [0.2, 0.25) is 5.91 Å². The summed E-state index contributed by atoms with van der Waals surface area (Å²) in [6.07, 6.45) is -4.62. The van der Waals surface area contributed by atoms with E-state index in [0.717, 1.165) is 12.1 Å². The first-order chi connectivity index (χ1) is 12.6. The number of urea groups is 1. The maximum atomic E-state index is 12.9. The van der Waals surface area contributed by atoms with Gasteiger partial charge < -0.3 is 16.0 Å². The fraction of sp³-hybridized carbons (Fsp3) is 0.222. The molecule has 3 amide bonds. The van der Waals surface area contributed by atoms with Crippen molar-refractivity contribution in [2.24, 2.45) is 0 Å². The Balaban J connectivity index is 2.06. The molecule has 0 saturated heterocycles. The summed E-state index contributed by atoms with van der Waals surface area (Å²) in [5, 5.41) is 7.16. The highest BCUT2D eigenvalue weighted by molar-refractivity contribution is 6.31. The first-order valence-corrected chi connectivity index (χ1v) is 8.26. The fourth-order valence-corrected chi connectivity index (χ4v) is 2.58. The van der Waals surface area contributed by atoms with Gasteiger partial charge in [-0.3, -0.25) is 4.79 Å². The summed E-state index contributed by atoms with van der Waals surface area (Å²) < 4.78 is 38.6. The van der Waals surface area contributed by atoms with Crippen LogP contribution in [0.25, 0.3) is 0 Å². The second-order valence-corrected chi connectivity index (χ2v) is 6.23. The Morgan fingerprint density at radius 2 is 1.70 bits per heavy atom. The number of hydrogen-bond acceptors (Lipinski definition) is 2. The molecule has 0 aliphatic carbocycles. The Bertz CT molecular complexity index is 856. The van der Waals surface area contributed by atoms with Gasteiger partial charge in [-0.05, 0) is 42.8 Å². The van der Waals surface area contributed by atoms with Crippen molar-refractivity contribution in [3.05, 3.63) is 58.6 Å². The Labute approximate surface area is 158 Å². The van der Waals surface area contributed by atoms with E-state index in [1.165, 1.54) is 13.0 Å². The highest BCUT2D eigenvalue weighted by atomic mass is 35.5. The summed E-state index contributed by atoms with van der Waals surface area (Å²) in [6.45, 7) is 3.08. The van der Waals surface area contributed by atoms with Crippen LogP contribution in [0.2, 0.25) is 5.02 Å². The van der Waals surface area contributed by atoms with E-state index in [0.29, 0.717) is 11.3 Å². The van der Waals surface area contributed by atoms with Crippen LogP contribution < -0.4 is 16.0 Å². The maximum Gasteiger partial charge on any atom is 0.417 e. The van der Waals surface area contributed by atoms with Crippen molar-refractivity contribution in [3.8, 4) is 0 Å². The molecular weight excluding hydrogens is 383 g/mol. The number of carbonyl (C=O) groups excluding carboxylic acids is 2. The lowest BCUT2D eigenvalue weighted by Crippen LogP contribution is -2.31. The fourth-order valence-electron chi connectivity index (χ4n) is 2.36.